The first-order valence-corrected chi connectivity index (χ1v) is 6.54. The maximum atomic E-state index is 12.0. The standard InChI is InChI=1S/C14H8BrClN2O/c15-11-3-1-9(2-4-11)14(19)18-12-5-6-13(16)10(7-12)8-17/h1-7H,(H,18,19). The monoisotopic (exact) mass is 334 g/mol. The van der Waals surface area contributed by atoms with E-state index in [-0.39, 0.29) is 5.91 Å². The van der Waals surface area contributed by atoms with E-state index >= 15 is 0 Å². The molecule has 5 heteroatoms. The summed E-state index contributed by atoms with van der Waals surface area (Å²) in [6.45, 7) is 0. The molecule has 0 aliphatic heterocycles. The number of carbonyl (C=O) groups is 1. The second-order valence-electron chi connectivity index (χ2n) is 3.77. The normalized spacial score (nSPS) is 9.74. The van der Waals surface area contributed by atoms with Crippen LogP contribution in [0.15, 0.2) is 46.9 Å². The van der Waals surface area contributed by atoms with E-state index in [4.69, 9.17) is 16.9 Å². The van der Waals surface area contributed by atoms with Gasteiger partial charge in [0.15, 0.2) is 0 Å². The number of carbonyl (C=O) groups excluding carboxylic acids is 1. The van der Waals surface area contributed by atoms with E-state index < -0.39 is 0 Å². The van der Waals surface area contributed by atoms with Crippen LogP contribution in [0.2, 0.25) is 5.02 Å². The molecule has 0 aromatic heterocycles. The Balaban J connectivity index is 2.20. The minimum atomic E-state index is -0.237. The first-order valence-electron chi connectivity index (χ1n) is 5.37. The number of benzene rings is 2. The third kappa shape index (κ3) is 3.34. The predicted molar refractivity (Wildman–Crippen MR) is 78.3 cm³/mol. The zero-order valence-corrected chi connectivity index (χ0v) is 12.0. The van der Waals surface area contributed by atoms with Crippen LogP contribution in [0.5, 0.6) is 0 Å². The van der Waals surface area contributed by atoms with E-state index in [1.165, 1.54) is 0 Å². The van der Waals surface area contributed by atoms with Crippen molar-refractivity contribution in [2.45, 2.75) is 0 Å². The van der Waals surface area contributed by atoms with Crippen LogP contribution < -0.4 is 5.32 Å². The lowest BCUT2D eigenvalue weighted by Gasteiger charge is -2.06. The molecule has 1 N–H and O–H groups in total. The molecular weight excluding hydrogens is 328 g/mol. The highest BCUT2D eigenvalue weighted by Crippen LogP contribution is 2.20. The van der Waals surface area contributed by atoms with Gasteiger partial charge in [-0.05, 0) is 42.5 Å². The molecule has 2 aromatic rings. The van der Waals surface area contributed by atoms with E-state index in [0.717, 1.165) is 4.47 Å². The quantitative estimate of drug-likeness (QED) is 0.893. The van der Waals surface area contributed by atoms with E-state index in [1.807, 2.05) is 6.07 Å². The molecule has 1 amide bonds. The minimum absolute atomic E-state index is 0.237. The Bertz CT molecular complexity index is 662. The predicted octanol–water partition coefficient (Wildman–Crippen LogP) is 4.23. The highest BCUT2D eigenvalue weighted by atomic mass is 79.9. The van der Waals surface area contributed by atoms with Gasteiger partial charge in [-0.2, -0.15) is 5.26 Å². The highest BCUT2D eigenvalue weighted by Gasteiger charge is 2.07. The summed E-state index contributed by atoms with van der Waals surface area (Å²) in [5.41, 5.74) is 1.40. The molecule has 2 rings (SSSR count). The molecule has 0 atom stereocenters. The summed E-state index contributed by atoms with van der Waals surface area (Å²) < 4.78 is 0.905. The Kier molecular flexibility index (Phi) is 4.20. The number of hydrogen-bond acceptors (Lipinski definition) is 2. The minimum Gasteiger partial charge on any atom is -0.322 e. The summed E-state index contributed by atoms with van der Waals surface area (Å²) in [4.78, 5) is 12.0. The summed E-state index contributed by atoms with van der Waals surface area (Å²) in [6.07, 6.45) is 0. The summed E-state index contributed by atoms with van der Waals surface area (Å²) in [5, 5.41) is 12.0. The van der Waals surface area contributed by atoms with Gasteiger partial charge in [0.2, 0.25) is 0 Å². The third-order valence-electron chi connectivity index (χ3n) is 2.45. The molecule has 0 fully saturated rings. The number of halogens is 2. The number of nitriles is 1. The van der Waals surface area contributed by atoms with Crippen molar-refractivity contribution < 1.29 is 4.79 Å². The van der Waals surface area contributed by atoms with Gasteiger partial charge in [0.05, 0.1) is 10.6 Å². The van der Waals surface area contributed by atoms with Crippen molar-refractivity contribution in [2.75, 3.05) is 5.32 Å². The number of nitrogens with one attached hydrogen (secondary N) is 1. The average Bonchev–Trinajstić information content (AvgIpc) is 2.41. The lowest BCUT2D eigenvalue weighted by atomic mass is 10.2. The maximum absolute atomic E-state index is 12.0. The number of nitrogens with zero attached hydrogens (tertiary/aromatic N) is 1. The fraction of sp³-hybridized carbons (Fsp3) is 0. The highest BCUT2D eigenvalue weighted by molar-refractivity contribution is 9.10. The van der Waals surface area contributed by atoms with Crippen molar-refractivity contribution in [2.24, 2.45) is 0 Å². The molecule has 94 valence electrons. The van der Waals surface area contributed by atoms with Crippen molar-refractivity contribution in [1.82, 2.24) is 0 Å². The van der Waals surface area contributed by atoms with Crippen molar-refractivity contribution >= 4 is 39.1 Å². The number of amides is 1. The van der Waals surface area contributed by atoms with Crippen LogP contribution in [0.25, 0.3) is 0 Å². The van der Waals surface area contributed by atoms with E-state index in [9.17, 15) is 4.79 Å². The van der Waals surface area contributed by atoms with Gasteiger partial charge in [0, 0.05) is 15.7 Å². The zero-order chi connectivity index (χ0) is 13.8. The Labute approximate surface area is 123 Å². The van der Waals surface area contributed by atoms with Crippen LogP contribution in [-0.2, 0) is 0 Å². The van der Waals surface area contributed by atoms with Gasteiger partial charge in [-0.3, -0.25) is 4.79 Å². The van der Waals surface area contributed by atoms with Gasteiger partial charge in [0.1, 0.15) is 6.07 Å². The second kappa shape index (κ2) is 5.87. The lowest BCUT2D eigenvalue weighted by Crippen LogP contribution is -2.11. The van der Waals surface area contributed by atoms with Crippen molar-refractivity contribution in [3.8, 4) is 6.07 Å². The molecule has 0 saturated carbocycles. The number of anilines is 1. The summed E-state index contributed by atoms with van der Waals surface area (Å²) in [7, 11) is 0. The van der Waals surface area contributed by atoms with Crippen LogP contribution in [0.1, 0.15) is 15.9 Å². The molecule has 0 bridgehead atoms. The van der Waals surface area contributed by atoms with E-state index in [1.54, 1.807) is 42.5 Å². The van der Waals surface area contributed by atoms with Crippen molar-refractivity contribution in [3.63, 3.8) is 0 Å². The van der Waals surface area contributed by atoms with Crippen molar-refractivity contribution in [1.29, 1.82) is 5.26 Å². The molecule has 3 nitrogen and oxygen atoms in total. The van der Waals surface area contributed by atoms with Crippen LogP contribution in [0.3, 0.4) is 0 Å². The summed E-state index contributed by atoms with van der Waals surface area (Å²) in [5.74, 6) is -0.237. The molecular formula is C14H8BrClN2O. The van der Waals surface area contributed by atoms with E-state index in [0.29, 0.717) is 21.8 Å². The molecule has 0 radical (unpaired) electrons. The first kappa shape index (κ1) is 13.6. The smallest absolute Gasteiger partial charge is 0.255 e. The van der Waals surface area contributed by atoms with Gasteiger partial charge < -0.3 is 5.32 Å². The SMILES string of the molecule is N#Cc1cc(NC(=O)c2ccc(Br)cc2)ccc1Cl. The maximum Gasteiger partial charge on any atom is 0.255 e. The summed E-state index contributed by atoms with van der Waals surface area (Å²) in [6, 6.07) is 13.7. The van der Waals surface area contributed by atoms with Crippen LogP contribution in [0.4, 0.5) is 5.69 Å². The Hall–Kier alpha value is -1.83. The van der Waals surface area contributed by atoms with Crippen LogP contribution in [0, 0.1) is 11.3 Å². The largest absolute Gasteiger partial charge is 0.322 e. The Morgan fingerprint density at radius 3 is 2.53 bits per heavy atom. The number of rotatable bonds is 2. The second-order valence-corrected chi connectivity index (χ2v) is 5.09. The van der Waals surface area contributed by atoms with Crippen LogP contribution in [-0.4, -0.2) is 5.91 Å². The van der Waals surface area contributed by atoms with E-state index in [2.05, 4.69) is 21.2 Å². The van der Waals surface area contributed by atoms with Gasteiger partial charge in [-0.1, -0.05) is 27.5 Å². The average molecular weight is 336 g/mol. The van der Waals surface area contributed by atoms with Gasteiger partial charge in [-0.25, -0.2) is 0 Å². The topological polar surface area (TPSA) is 52.9 Å². The number of hydrogen-bond donors (Lipinski definition) is 1. The molecule has 19 heavy (non-hydrogen) atoms. The fourth-order valence-electron chi connectivity index (χ4n) is 1.49. The molecule has 0 aliphatic rings. The first-order chi connectivity index (χ1) is 9.10. The Morgan fingerprint density at radius 1 is 1.21 bits per heavy atom. The molecule has 2 aromatic carbocycles. The third-order valence-corrected chi connectivity index (χ3v) is 3.31. The summed E-state index contributed by atoms with van der Waals surface area (Å²) >= 11 is 9.13. The fourth-order valence-corrected chi connectivity index (χ4v) is 1.92. The van der Waals surface area contributed by atoms with Crippen molar-refractivity contribution in [3.05, 3.63) is 63.1 Å². The molecule has 0 saturated heterocycles. The molecule has 0 unspecified atom stereocenters. The van der Waals surface area contributed by atoms with Gasteiger partial charge in [-0.15, -0.1) is 0 Å². The van der Waals surface area contributed by atoms with Crippen LogP contribution >= 0.6 is 27.5 Å². The molecule has 0 aliphatic carbocycles. The molecule has 0 spiro atoms. The zero-order valence-electron chi connectivity index (χ0n) is 9.65. The van der Waals surface area contributed by atoms with Gasteiger partial charge in [0.25, 0.3) is 5.91 Å². The lowest BCUT2D eigenvalue weighted by molar-refractivity contribution is 0.102. The molecule has 0 heterocycles. The Morgan fingerprint density at radius 2 is 1.89 bits per heavy atom. The van der Waals surface area contributed by atoms with Gasteiger partial charge >= 0.3 is 0 Å².